The number of rotatable bonds is 7. The summed E-state index contributed by atoms with van der Waals surface area (Å²) >= 11 is 0. The SMILES string of the molecule is CCOc1ccc(OCC)c(NC(=O)CC(C)(C)N)c1. The molecule has 0 fully saturated rings. The van der Waals surface area contributed by atoms with Gasteiger partial charge >= 0.3 is 0 Å². The summed E-state index contributed by atoms with van der Waals surface area (Å²) in [4.78, 5) is 12.0. The average molecular weight is 280 g/mol. The minimum Gasteiger partial charge on any atom is -0.494 e. The highest BCUT2D eigenvalue weighted by atomic mass is 16.5. The number of ether oxygens (including phenoxy) is 2. The van der Waals surface area contributed by atoms with Gasteiger partial charge in [0.1, 0.15) is 11.5 Å². The fourth-order valence-corrected chi connectivity index (χ4v) is 1.75. The van der Waals surface area contributed by atoms with Gasteiger partial charge in [0.05, 0.1) is 18.9 Å². The van der Waals surface area contributed by atoms with Crippen LogP contribution in [0.15, 0.2) is 18.2 Å². The lowest BCUT2D eigenvalue weighted by Crippen LogP contribution is -2.36. The van der Waals surface area contributed by atoms with Gasteiger partial charge in [-0.3, -0.25) is 4.79 Å². The highest BCUT2D eigenvalue weighted by Gasteiger charge is 2.18. The molecule has 0 heterocycles. The molecule has 0 unspecified atom stereocenters. The Kier molecular flexibility index (Phi) is 5.82. The first kappa shape index (κ1) is 16.3. The minimum atomic E-state index is -0.548. The molecule has 0 saturated heterocycles. The van der Waals surface area contributed by atoms with Crippen molar-refractivity contribution in [2.24, 2.45) is 5.73 Å². The van der Waals surface area contributed by atoms with E-state index in [1.165, 1.54) is 0 Å². The third-order valence-corrected chi connectivity index (χ3v) is 2.45. The summed E-state index contributed by atoms with van der Waals surface area (Å²) < 4.78 is 10.9. The lowest BCUT2D eigenvalue weighted by molar-refractivity contribution is -0.117. The quantitative estimate of drug-likeness (QED) is 0.805. The van der Waals surface area contributed by atoms with Crippen LogP contribution in [-0.2, 0) is 4.79 Å². The van der Waals surface area contributed by atoms with Gasteiger partial charge in [0, 0.05) is 18.0 Å². The number of nitrogens with one attached hydrogen (secondary N) is 1. The molecule has 0 radical (unpaired) electrons. The maximum atomic E-state index is 12.0. The predicted octanol–water partition coefficient (Wildman–Crippen LogP) is 2.55. The molecule has 1 amide bonds. The molecule has 20 heavy (non-hydrogen) atoms. The van der Waals surface area contributed by atoms with E-state index in [9.17, 15) is 4.79 Å². The molecule has 0 aliphatic rings. The van der Waals surface area contributed by atoms with Crippen LogP contribution in [0.25, 0.3) is 0 Å². The van der Waals surface area contributed by atoms with Gasteiger partial charge in [-0.15, -0.1) is 0 Å². The lowest BCUT2D eigenvalue weighted by atomic mass is 10.0. The number of benzene rings is 1. The summed E-state index contributed by atoms with van der Waals surface area (Å²) in [7, 11) is 0. The van der Waals surface area contributed by atoms with Gasteiger partial charge in [-0.1, -0.05) is 0 Å². The molecule has 0 aliphatic heterocycles. The summed E-state index contributed by atoms with van der Waals surface area (Å²) in [6, 6.07) is 5.37. The van der Waals surface area contributed by atoms with E-state index in [1.54, 1.807) is 12.1 Å². The Bertz CT molecular complexity index is 453. The van der Waals surface area contributed by atoms with Crippen LogP contribution in [0.4, 0.5) is 5.69 Å². The molecule has 1 aromatic rings. The van der Waals surface area contributed by atoms with E-state index in [2.05, 4.69) is 5.32 Å². The van der Waals surface area contributed by atoms with Crippen molar-refractivity contribution < 1.29 is 14.3 Å². The van der Waals surface area contributed by atoms with Crippen LogP contribution in [0, 0.1) is 0 Å². The molecule has 0 aliphatic carbocycles. The van der Waals surface area contributed by atoms with Crippen LogP contribution in [0.5, 0.6) is 11.5 Å². The van der Waals surface area contributed by atoms with Crippen molar-refractivity contribution in [1.82, 2.24) is 0 Å². The zero-order valence-corrected chi connectivity index (χ0v) is 12.7. The molecule has 1 rings (SSSR count). The van der Waals surface area contributed by atoms with Gasteiger partial charge in [0.25, 0.3) is 0 Å². The fourth-order valence-electron chi connectivity index (χ4n) is 1.75. The summed E-state index contributed by atoms with van der Waals surface area (Å²) in [6.07, 6.45) is 0.234. The number of hydrogen-bond donors (Lipinski definition) is 2. The first-order valence-electron chi connectivity index (χ1n) is 6.84. The Morgan fingerprint density at radius 3 is 2.45 bits per heavy atom. The van der Waals surface area contributed by atoms with Gasteiger partial charge in [0.15, 0.2) is 0 Å². The minimum absolute atomic E-state index is 0.146. The molecular formula is C15H24N2O3. The standard InChI is InChI=1S/C15H24N2O3/c1-5-19-11-7-8-13(20-6-2)12(9-11)17-14(18)10-15(3,4)16/h7-9H,5-6,10,16H2,1-4H3,(H,17,18). The Balaban J connectivity index is 2.88. The van der Waals surface area contributed by atoms with Gasteiger partial charge in [0.2, 0.25) is 5.91 Å². The molecule has 0 aromatic heterocycles. The highest BCUT2D eigenvalue weighted by Crippen LogP contribution is 2.29. The zero-order chi connectivity index (χ0) is 15.2. The number of nitrogens with two attached hydrogens (primary N) is 1. The second-order valence-corrected chi connectivity index (χ2v) is 5.24. The van der Waals surface area contributed by atoms with E-state index in [0.29, 0.717) is 30.4 Å². The maximum Gasteiger partial charge on any atom is 0.226 e. The molecule has 1 aromatic carbocycles. The number of amides is 1. The first-order valence-corrected chi connectivity index (χ1v) is 6.84. The average Bonchev–Trinajstić information content (AvgIpc) is 2.30. The summed E-state index contributed by atoms with van der Waals surface area (Å²) in [5.41, 5.74) is 5.90. The zero-order valence-electron chi connectivity index (χ0n) is 12.7. The van der Waals surface area contributed by atoms with Gasteiger partial charge < -0.3 is 20.5 Å². The monoisotopic (exact) mass is 280 g/mol. The molecule has 0 spiro atoms. The van der Waals surface area contributed by atoms with Crippen molar-refractivity contribution in [3.05, 3.63) is 18.2 Å². The van der Waals surface area contributed by atoms with E-state index in [-0.39, 0.29) is 12.3 Å². The van der Waals surface area contributed by atoms with Crippen LogP contribution < -0.4 is 20.5 Å². The molecule has 112 valence electrons. The summed E-state index contributed by atoms with van der Waals surface area (Å²) in [5.74, 6) is 1.17. The van der Waals surface area contributed by atoms with Crippen LogP contribution >= 0.6 is 0 Å². The Morgan fingerprint density at radius 1 is 1.25 bits per heavy atom. The van der Waals surface area contributed by atoms with Gasteiger partial charge in [-0.2, -0.15) is 0 Å². The molecule has 0 saturated carbocycles. The largest absolute Gasteiger partial charge is 0.494 e. The predicted molar refractivity (Wildman–Crippen MR) is 80.3 cm³/mol. The van der Waals surface area contributed by atoms with Crippen LogP contribution in [-0.4, -0.2) is 24.7 Å². The third kappa shape index (κ3) is 5.48. The third-order valence-electron chi connectivity index (χ3n) is 2.45. The van der Waals surface area contributed by atoms with Crippen molar-refractivity contribution >= 4 is 11.6 Å². The summed E-state index contributed by atoms with van der Waals surface area (Å²) in [6.45, 7) is 8.52. The second-order valence-electron chi connectivity index (χ2n) is 5.24. The van der Waals surface area contributed by atoms with E-state index in [0.717, 1.165) is 0 Å². The molecule has 5 nitrogen and oxygen atoms in total. The lowest BCUT2D eigenvalue weighted by Gasteiger charge is -2.19. The van der Waals surface area contributed by atoms with Crippen molar-refractivity contribution in [3.8, 4) is 11.5 Å². The topological polar surface area (TPSA) is 73.6 Å². The number of carbonyl (C=O) groups is 1. The van der Waals surface area contributed by atoms with Gasteiger partial charge in [-0.05, 0) is 39.8 Å². The van der Waals surface area contributed by atoms with Crippen LogP contribution in [0.2, 0.25) is 0 Å². The number of anilines is 1. The second kappa shape index (κ2) is 7.14. The van der Waals surface area contributed by atoms with Gasteiger partial charge in [-0.25, -0.2) is 0 Å². The molecule has 5 heteroatoms. The Labute approximate surface area is 120 Å². The van der Waals surface area contributed by atoms with Crippen molar-refractivity contribution in [2.45, 2.75) is 39.7 Å². The highest BCUT2D eigenvalue weighted by molar-refractivity contribution is 5.93. The Hall–Kier alpha value is -1.75. The smallest absolute Gasteiger partial charge is 0.226 e. The van der Waals surface area contributed by atoms with Crippen molar-refractivity contribution in [3.63, 3.8) is 0 Å². The summed E-state index contributed by atoms with van der Waals surface area (Å²) in [5, 5.41) is 2.83. The molecule has 3 N–H and O–H groups in total. The van der Waals surface area contributed by atoms with Crippen LogP contribution in [0.3, 0.4) is 0 Å². The molecular weight excluding hydrogens is 256 g/mol. The van der Waals surface area contributed by atoms with Crippen molar-refractivity contribution in [2.75, 3.05) is 18.5 Å². The fraction of sp³-hybridized carbons (Fsp3) is 0.533. The molecule has 0 atom stereocenters. The van der Waals surface area contributed by atoms with E-state index >= 15 is 0 Å². The van der Waals surface area contributed by atoms with E-state index in [1.807, 2.05) is 33.8 Å². The van der Waals surface area contributed by atoms with Crippen LogP contribution in [0.1, 0.15) is 34.1 Å². The van der Waals surface area contributed by atoms with E-state index < -0.39 is 5.54 Å². The Morgan fingerprint density at radius 2 is 1.90 bits per heavy atom. The number of hydrogen-bond acceptors (Lipinski definition) is 4. The maximum absolute atomic E-state index is 12.0. The normalized spacial score (nSPS) is 11.1. The van der Waals surface area contributed by atoms with E-state index in [4.69, 9.17) is 15.2 Å². The van der Waals surface area contributed by atoms with Crippen molar-refractivity contribution in [1.29, 1.82) is 0 Å². The first-order chi connectivity index (χ1) is 9.35. The molecule has 0 bridgehead atoms. The number of carbonyl (C=O) groups excluding carboxylic acids is 1.